The van der Waals surface area contributed by atoms with E-state index in [4.69, 9.17) is 5.26 Å². The van der Waals surface area contributed by atoms with Crippen LogP contribution in [0.15, 0.2) is 24.3 Å². The van der Waals surface area contributed by atoms with E-state index in [1.807, 2.05) is 6.07 Å². The van der Waals surface area contributed by atoms with E-state index in [1.165, 1.54) is 4.90 Å². The number of anilines is 1. The lowest BCUT2D eigenvalue weighted by atomic mass is 10.00. The number of hydrogen-bond donors (Lipinski definition) is 2. The van der Waals surface area contributed by atoms with Gasteiger partial charge in [0, 0.05) is 12.2 Å². The van der Waals surface area contributed by atoms with Gasteiger partial charge in [-0.1, -0.05) is 6.07 Å². The number of carbonyl (C=O) groups is 2. The first-order valence-corrected chi connectivity index (χ1v) is 6.29. The van der Waals surface area contributed by atoms with E-state index >= 15 is 0 Å². The summed E-state index contributed by atoms with van der Waals surface area (Å²) in [5.41, 5.74) is -0.254. The van der Waals surface area contributed by atoms with E-state index in [9.17, 15) is 14.7 Å². The third-order valence-electron chi connectivity index (χ3n) is 3.59. The van der Waals surface area contributed by atoms with Crippen LogP contribution < -0.4 is 5.32 Å². The predicted octanol–water partition coefficient (Wildman–Crippen LogP) is 2.03. The molecule has 0 aromatic heterocycles. The van der Waals surface area contributed by atoms with Gasteiger partial charge >= 0.3 is 12.0 Å². The summed E-state index contributed by atoms with van der Waals surface area (Å²) in [5, 5.41) is 20.7. The number of likely N-dealkylation sites (tertiary alicyclic amines) is 1. The minimum atomic E-state index is -1.17. The summed E-state index contributed by atoms with van der Waals surface area (Å²) in [7, 11) is 0. The molecule has 1 fully saturated rings. The number of carboxylic acids is 1. The molecule has 2 N–H and O–H groups in total. The highest BCUT2D eigenvalue weighted by atomic mass is 16.4. The molecule has 1 aromatic rings. The number of rotatable bonds is 2. The zero-order chi connectivity index (χ0) is 14.8. The van der Waals surface area contributed by atoms with Gasteiger partial charge in [0.05, 0.1) is 11.6 Å². The van der Waals surface area contributed by atoms with Crippen molar-refractivity contribution in [3.63, 3.8) is 0 Å². The van der Waals surface area contributed by atoms with Crippen molar-refractivity contribution in [2.45, 2.75) is 25.3 Å². The van der Waals surface area contributed by atoms with Gasteiger partial charge in [0.25, 0.3) is 0 Å². The van der Waals surface area contributed by atoms with Gasteiger partial charge < -0.3 is 15.3 Å². The van der Waals surface area contributed by atoms with E-state index in [2.05, 4.69) is 5.32 Å². The molecule has 0 aliphatic carbocycles. The lowest BCUT2D eigenvalue weighted by Crippen LogP contribution is -2.52. The van der Waals surface area contributed by atoms with Crippen molar-refractivity contribution in [2.75, 3.05) is 11.9 Å². The van der Waals surface area contributed by atoms with Crippen molar-refractivity contribution in [2.24, 2.45) is 0 Å². The number of carbonyl (C=O) groups excluding carboxylic acids is 1. The van der Waals surface area contributed by atoms with Gasteiger partial charge in [-0.25, -0.2) is 9.59 Å². The second-order valence-corrected chi connectivity index (χ2v) is 4.96. The number of urea groups is 1. The Balaban J connectivity index is 2.16. The molecule has 1 atom stereocenters. The number of carboxylic acid groups (broad SMARTS) is 1. The van der Waals surface area contributed by atoms with E-state index < -0.39 is 17.5 Å². The van der Waals surface area contributed by atoms with Gasteiger partial charge in [-0.2, -0.15) is 5.26 Å². The van der Waals surface area contributed by atoms with Crippen LogP contribution in [0, 0.1) is 11.3 Å². The molecule has 104 valence electrons. The average Bonchev–Trinajstić information content (AvgIpc) is 2.82. The molecular weight excluding hydrogens is 258 g/mol. The first-order chi connectivity index (χ1) is 9.47. The summed E-state index contributed by atoms with van der Waals surface area (Å²) in [5.74, 6) is -1.00. The van der Waals surface area contributed by atoms with Crippen LogP contribution in [0.2, 0.25) is 0 Å². The van der Waals surface area contributed by atoms with E-state index in [0.29, 0.717) is 30.6 Å². The third kappa shape index (κ3) is 2.43. The summed E-state index contributed by atoms with van der Waals surface area (Å²) < 4.78 is 0. The Labute approximate surface area is 116 Å². The van der Waals surface area contributed by atoms with Crippen LogP contribution in [0.1, 0.15) is 25.3 Å². The molecule has 1 heterocycles. The Morgan fingerprint density at radius 1 is 1.50 bits per heavy atom. The van der Waals surface area contributed by atoms with Gasteiger partial charge in [-0.3, -0.25) is 0 Å². The maximum atomic E-state index is 12.2. The molecule has 20 heavy (non-hydrogen) atoms. The molecule has 1 aliphatic heterocycles. The number of nitrogens with zero attached hydrogens (tertiary/aromatic N) is 2. The molecule has 1 aromatic carbocycles. The van der Waals surface area contributed by atoms with Crippen molar-refractivity contribution >= 4 is 17.7 Å². The fourth-order valence-corrected chi connectivity index (χ4v) is 2.37. The smallest absolute Gasteiger partial charge is 0.329 e. The third-order valence-corrected chi connectivity index (χ3v) is 3.59. The molecule has 1 aliphatic rings. The Morgan fingerprint density at radius 2 is 2.25 bits per heavy atom. The monoisotopic (exact) mass is 273 g/mol. The topological polar surface area (TPSA) is 93.4 Å². The fraction of sp³-hybridized carbons (Fsp3) is 0.357. The number of nitriles is 1. The van der Waals surface area contributed by atoms with E-state index in [1.54, 1.807) is 31.2 Å². The quantitative estimate of drug-likeness (QED) is 0.862. The number of aliphatic carboxylic acids is 1. The van der Waals surface area contributed by atoms with Crippen LogP contribution in [-0.4, -0.2) is 34.1 Å². The zero-order valence-corrected chi connectivity index (χ0v) is 11.1. The van der Waals surface area contributed by atoms with Crippen molar-refractivity contribution < 1.29 is 14.7 Å². The summed E-state index contributed by atoms with van der Waals surface area (Å²) in [6, 6.07) is 8.03. The lowest BCUT2D eigenvalue weighted by molar-refractivity contribution is -0.146. The number of hydrogen-bond acceptors (Lipinski definition) is 3. The van der Waals surface area contributed by atoms with Crippen LogP contribution in [0.5, 0.6) is 0 Å². The molecule has 0 saturated carbocycles. The average molecular weight is 273 g/mol. The normalized spacial score (nSPS) is 21.3. The first kappa shape index (κ1) is 13.9. The molecule has 6 heteroatoms. The SMILES string of the molecule is CC1(C(=O)O)CCCN1C(=O)Nc1cccc(C#N)c1. The maximum Gasteiger partial charge on any atom is 0.329 e. The minimum absolute atomic E-state index is 0.409. The minimum Gasteiger partial charge on any atom is -0.480 e. The van der Waals surface area contributed by atoms with E-state index in [0.717, 1.165) is 0 Å². The molecule has 0 bridgehead atoms. The van der Waals surface area contributed by atoms with Crippen LogP contribution in [-0.2, 0) is 4.79 Å². The summed E-state index contributed by atoms with van der Waals surface area (Å²) >= 11 is 0. The van der Waals surface area contributed by atoms with Crippen LogP contribution in [0.4, 0.5) is 10.5 Å². The highest BCUT2D eigenvalue weighted by Crippen LogP contribution is 2.29. The van der Waals surface area contributed by atoms with Crippen molar-refractivity contribution in [1.29, 1.82) is 5.26 Å². The zero-order valence-electron chi connectivity index (χ0n) is 11.1. The largest absolute Gasteiger partial charge is 0.480 e. The van der Waals surface area contributed by atoms with Gasteiger partial charge in [0.15, 0.2) is 0 Å². The maximum absolute atomic E-state index is 12.2. The van der Waals surface area contributed by atoms with Gasteiger partial charge in [-0.05, 0) is 38.0 Å². The second kappa shape index (κ2) is 5.21. The molecule has 0 spiro atoms. The molecule has 2 amide bonds. The Morgan fingerprint density at radius 3 is 2.90 bits per heavy atom. The van der Waals surface area contributed by atoms with E-state index in [-0.39, 0.29) is 0 Å². The number of benzene rings is 1. The van der Waals surface area contributed by atoms with Gasteiger partial charge in [0.2, 0.25) is 0 Å². The second-order valence-electron chi connectivity index (χ2n) is 4.96. The highest BCUT2D eigenvalue weighted by molar-refractivity contribution is 5.94. The number of nitrogens with one attached hydrogen (secondary N) is 1. The standard InChI is InChI=1S/C14H15N3O3/c1-14(12(18)19)6-3-7-17(14)13(20)16-11-5-2-4-10(8-11)9-15/h2,4-5,8H,3,6-7H2,1H3,(H,16,20)(H,18,19). The van der Waals surface area contributed by atoms with Gasteiger partial charge in [0.1, 0.15) is 5.54 Å². The number of amides is 2. The Bertz CT molecular complexity index is 594. The van der Waals surface area contributed by atoms with Gasteiger partial charge in [-0.15, -0.1) is 0 Å². The van der Waals surface area contributed by atoms with Crippen LogP contribution >= 0.6 is 0 Å². The first-order valence-electron chi connectivity index (χ1n) is 6.29. The van der Waals surface area contributed by atoms with Crippen LogP contribution in [0.25, 0.3) is 0 Å². The van der Waals surface area contributed by atoms with Crippen LogP contribution in [0.3, 0.4) is 0 Å². The summed E-state index contributed by atoms with van der Waals surface area (Å²) in [6.45, 7) is 1.96. The summed E-state index contributed by atoms with van der Waals surface area (Å²) in [6.07, 6.45) is 1.10. The molecular formula is C14H15N3O3. The highest BCUT2D eigenvalue weighted by Gasteiger charge is 2.45. The predicted molar refractivity (Wildman–Crippen MR) is 72.2 cm³/mol. The molecule has 2 rings (SSSR count). The molecule has 0 radical (unpaired) electrons. The van der Waals surface area contributed by atoms with Crippen molar-refractivity contribution in [3.8, 4) is 6.07 Å². The molecule has 6 nitrogen and oxygen atoms in total. The fourth-order valence-electron chi connectivity index (χ4n) is 2.37. The Kier molecular flexibility index (Phi) is 3.61. The Hall–Kier alpha value is -2.55. The van der Waals surface area contributed by atoms with Crippen molar-refractivity contribution in [1.82, 2.24) is 4.90 Å². The summed E-state index contributed by atoms with van der Waals surface area (Å²) in [4.78, 5) is 24.9. The molecule has 1 unspecified atom stereocenters. The lowest BCUT2D eigenvalue weighted by Gasteiger charge is -2.31. The molecule has 1 saturated heterocycles. The van der Waals surface area contributed by atoms with Crippen molar-refractivity contribution in [3.05, 3.63) is 29.8 Å².